The molecule has 1 fully saturated rings. The normalized spacial score (nSPS) is 20.1. The first-order valence-electron chi connectivity index (χ1n) is 7.34. The molecule has 0 N–H and O–H groups in total. The van der Waals surface area contributed by atoms with Crippen LogP contribution in [0.2, 0.25) is 0 Å². The summed E-state index contributed by atoms with van der Waals surface area (Å²) in [5.74, 6) is -0.121. The van der Waals surface area contributed by atoms with Crippen molar-refractivity contribution >= 4 is 11.9 Å². The predicted octanol–water partition coefficient (Wildman–Crippen LogP) is 2.67. The molecule has 1 aliphatic heterocycles. The highest BCUT2D eigenvalue weighted by Crippen LogP contribution is 2.34. The molecule has 23 heavy (non-hydrogen) atoms. The average molecular weight is 315 g/mol. The van der Waals surface area contributed by atoms with E-state index in [9.17, 15) is 9.18 Å². The van der Waals surface area contributed by atoms with Crippen molar-refractivity contribution in [3.05, 3.63) is 42.5 Å². The van der Waals surface area contributed by atoms with Crippen LogP contribution >= 0.6 is 0 Å². The zero-order valence-electron chi connectivity index (χ0n) is 13.3. The van der Waals surface area contributed by atoms with Crippen LogP contribution in [0.3, 0.4) is 0 Å². The molecule has 0 spiro atoms. The molecule has 1 atom stereocenters. The predicted molar refractivity (Wildman–Crippen MR) is 84.4 cm³/mol. The summed E-state index contributed by atoms with van der Waals surface area (Å²) < 4.78 is 18.6. The van der Waals surface area contributed by atoms with Crippen molar-refractivity contribution in [1.29, 1.82) is 0 Å². The SMILES string of the molecule is COC1C(=O)N(c2ncc(-c3cccc(F)c3)cn2)CC1(C)C. The van der Waals surface area contributed by atoms with Gasteiger partial charge >= 0.3 is 0 Å². The first kappa shape index (κ1) is 15.6. The molecule has 1 aliphatic rings. The summed E-state index contributed by atoms with van der Waals surface area (Å²) in [4.78, 5) is 22.5. The van der Waals surface area contributed by atoms with Crippen LogP contribution in [0.15, 0.2) is 36.7 Å². The maximum atomic E-state index is 13.3. The minimum Gasteiger partial charge on any atom is -0.371 e. The van der Waals surface area contributed by atoms with Crippen LogP contribution in [0.5, 0.6) is 0 Å². The van der Waals surface area contributed by atoms with E-state index in [0.29, 0.717) is 23.6 Å². The van der Waals surface area contributed by atoms with Crippen molar-refractivity contribution in [1.82, 2.24) is 9.97 Å². The number of carbonyl (C=O) groups excluding carboxylic acids is 1. The van der Waals surface area contributed by atoms with Gasteiger partial charge in [0.2, 0.25) is 5.95 Å². The van der Waals surface area contributed by atoms with Gasteiger partial charge in [0.1, 0.15) is 11.9 Å². The highest BCUT2D eigenvalue weighted by molar-refractivity contribution is 5.98. The van der Waals surface area contributed by atoms with Crippen LogP contribution in [0.25, 0.3) is 11.1 Å². The average Bonchev–Trinajstić information content (AvgIpc) is 2.76. The first-order valence-corrected chi connectivity index (χ1v) is 7.34. The van der Waals surface area contributed by atoms with E-state index in [1.165, 1.54) is 24.1 Å². The lowest BCUT2D eigenvalue weighted by molar-refractivity contribution is -0.128. The van der Waals surface area contributed by atoms with Gasteiger partial charge in [0, 0.05) is 37.0 Å². The van der Waals surface area contributed by atoms with E-state index in [0.717, 1.165) is 0 Å². The van der Waals surface area contributed by atoms with E-state index in [-0.39, 0.29) is 17.1 Å². The van der Waals surface area contributed by atoms with Crippen molar-refractivity contribution in [2.45, 2.75) is 20.0 Å². The third-order valence-corrected chi connectivity index (χ3v) is 4.04. The van der Waals surface area contributed by atoms with Gasteiger partial charge in [-0.15, -0.1) is 0 Å². The number of amides is 1. The van der Waals surface area contributed by atoms with Crippen LogP contribution in [0, 0.1) is 11.2 Å². The number of ether oxygens (including phenoxy) is 1. The highest BCUT2D eigenvalue weighted by Gasteiger charge is 2.47. The Morgan fingerprint density at radius 2 is 1.96 bits per heavy atom. The molecule has 0 aliphatic carbocycles. The van der Waals surface area contributed by atoms with Gasteiger partial charge in [0.05, 0.1) is 0 Å². The molecule has 0 saturated carbocycles. The Morgan fingerprint density at radius 1 is 1.26 bits per heavy atom. The monoisotopic (exact) mass is 315 g/mol. The molecule has 1 unspecified atom stereocenters. The maximum absolute atomic E-state index is 13.3. The van der Waals surface area contributed by atoms with E-state index < -0.39 is 6.10 Å². The van der Waals surface area contributed by atoms with Gasteiger partial charge in [0.15, 0.2) is 0 Å². The molecule has 5 nitrogen and oxygen atoms in total. The summed E-state index contributed by atoms with van der Waals surface area (Å²) in [7, 11) is 1.53. The van der Waals surface area contributed by atoms with Gasteiger partial charge in [0.25, 0.3) is 5.91 Å². The fraction of sp³-hybridized carbons (Fsp3) is 0.353. The Balaban J connectivity index is 1.87. The number of aromatic nitrogens is 2. The molecule has 1 aromatic carbocycles. The fourth-order valence-electron chi connectivity index (χ4n) is 2.91. The van der Waals surface area contributed by atoms with Crippen LogP contribution in [-0.4, -0.2) is 35.6 Å². The molecule has 2 aromatic rings. The number of anilines is 1. The highest BCUT2D eigenvalue weighted by atomic mass is 19.1. The van der Waals surface area contributed by atoms with Gasteiger partial charge < -0.3 is 4.74 Å². The second-order valence-corrected chi connectivity index (χ2v) is 6.31. The minimum absolute atomic E-state index is 0.143. The third kappa shape index (κ3) is 2.82. The van der Waals surface area contributed by atoms with E-state index >= 15 is 0 Å². The zero-order valence-corrected chi connectivity index (χ0v) is 13.3. The quantitative estimate of drug-likeness (QED) is 0.874. The summed E-state index contributed by atoms with van der Waals surface area (Å²) in [5.41, 5.74) is 1.08. The van der Waals surface area contributed by atoms with Crippen molar-refractivity contribution in [2.75, 3.05) is 18.6 Å². The van der Waals surface area contributed by atoms with Crippen LogP contribution < -0.4 is 4.90 Å². The lowest BCUT2D eigenvalue weighted by atomic mass is 9.90. The number of hydrogen-bond donors (Lipinski definition) is 0. The van der Waals surface area contributed by atoms with Crippen LogP contribution in [0.4, 0.5) is 10.3 Å². The van der Waals surface area contributed by atoms with Gasteiger partial charge in [-0.1, -0.05) is 26.0 Å². The molecule has 1 saturated heterocycles. The summed E-state index contributed by atoms with van der Waals surface area (Å²) in [6, 6.07) is 6.22. The molecule has 1 aromatic heterocycles. The Hall–Kier alpha value is -2.34. The lowest BCUT2D eigenvalue weighted by Crippen LogP contribution is -2.33. The summed E-state index contributed by atoms with van der Waals surface area (Å²) >= 11 is 0. The lowest BCUT2D eigenvalue weighted by Gasteiger charge is -2.21. The van der Waals surface area contributed by atoms with E-state index in [1.54, 1.807) is 24.5 Å². The van der Waals surface area contributed by atoms with E-state index in [2.05, 4.69) is 9.97 Å². The first-order chi connectivity index (χ1) is 10.9. The number of hydrogen-bond acceptors (Lipinski definition) is 4. The van der Waals surface area contributed by atoms with Crippen molar-refractivity contribution in [2.24, 2.45) is 5.41 Å². The molecule has 120 valence electrons. The Bertz CT molecular complexity index is 731. The second kappa shape index (κ2) is 5.70. The van der Waals surface area contributed by atoms with E-state index in [4.69, 9.17) is 4.74 Å². The molecular weight excluding hydrogens is 297 g/mol. The van der Waals surface area contributed by atoms with Crippen molar-refractivity contribution in [3.63, 3.8) is 0 Å². The number of carbonyl (C=O) groups is 1. The molecule has 6 heteroatoms. The Labute approximate surface area is 134 Å². The van der Waals surface area contributed by atoms with Gasteiger partial charge in [-0.05, 0) is 17.7 Å². The van der Waals surface area contributed by atoms with Gasteiger partial charge in [-0.25, -0.2) is 14.4 Å². The zero-order chi connectivity index (χ0) is 16.6. The van der Waals surface area contributed by atoms with Crippen LogP contribution in [0.1, 0.15) is 13.8 Å². The minimum atomic E-state index is -0.506. The van der Waals surface area contributed by atoms with Gasteiger partial charge in [-0.3, -0.25) is 9.69 Å². The third-order valence-electron chi connectivity index (χ3n) is 4.04. The number of rotatable bonds is 3. The Kier molecular flexibility index (Phi) is 3.85. The fourth-order valence-corrected chi connectivity index (χ4v) is 2.91. The van der Waals surface area contributed by atoms with E-state index in [1.807, 2.05) is 13.8 Å². The van der Waals surface area contributed by atoms with Gasteiger partial charge in [-0.2, -0.15) is 0 Å². The van der Waals surface area contributed by atoms with Crippen LogP contribution in [-0.2, 0) is 9.53 Å². The number of halogens is 1. The second-order valence-electron chi connectivity index (χ2n) is 6.31. The molecule has 0 bridgehead atoms. The Morgan fingerprint density at radius 3 is 2.52 bits per heavy atom. The number of benzene rings is 1. The maximum Gasteiger partial charge on any atom is 0.259 e. The summed E-state index contributed by atoms with van der Waals surface area (Å²) in [6.07, 6.45) is 2.68. The molecule has 1 amide bonds. The number of methoxy groups -OCH3 is 1. The smallest absolute Gasteiger partial charge is 0.259 e. The number of nitrogens with zero attached hydrogens (tertiary/aromatic N) is 3. The van der Waals surface area contributed by atoms with Crippen molar-refractivity contribution < 1.29 is 13.9 Å². The van der Waals surface area contributed by atoms with Crippen molar-refractivity contribution in [3.8, 4) is 11.1 Å². The topological polar surface area (TPSA) is 55.3 Å². The summed E-state index contributed by atoms with van der Waals surface area (Å²) in [6.45, 7) is 4.43. The standard InChI is InChI=1S/C17H18FN3O2/c1-17(2)10-21(15(22)14(17)23-3)16-19-8-12(9-20-16)11-5-4-6-13(18)7-11/h4-9,14H,10H2,1-3H3. The largest absolute Gasteiger partial charge is 0.371 e. The molecule has 3 rings (SSSR count). The summed E-state index contributed by atoms with van der Waals surface area (Å²) in [5, 5.41) is 0. The molecular formula is C17H18FN3O2. The molecule has 0 radical (unpaired) electrons. The molecule has 2 heterocycles.